The van der Waals surface area contributed by atoms with E-state index >= 15 is 0 Å². The molecule has 1 unspecified atom stereocenters. The van der Waals surface area contributed by atoms with E-state index in [2.05, 4.69) is 20.4 Å². The second-order valence-electron chi connectivity index (χ2n) is 6.11. The summed E-state index contributed by atoms with van der Waals surface area (Å²) in [7, 11) is 0. The van der Waals surface area contributed by atoms with Crippen LogP contribution in [-0.2, 0) is 0 Å². The van der Waals surface area contributed by atoms with Gasteiger partial charge in [-0.1, -0.05) is 44.5 Å². The quantitative estimate of drug-likeness (QED) is 0.731. The zero-order valence-corrected chi connectivity index (χ0v) is 15.7. The van der Waals surface area contributed by atoms with E-state index in [-0.39, 0.29) is 17.9 Å². The summed E-state index contributed by atoms with van der Waals surface area (Å²) in [5, 5.41) is 7.81. The minimum atomic E-state index is -0.351. The SMILES string of the molecule is CC.Cc1ccc2[nH]c(C(=O)NC(C)c3nc(C(C)C)no3)cc2c1. The van der Waals surface area contributed by atoms with Crippen LogP contribution in [0.15, 0.2) is 28.8 Å². The molecule has 0 radical (unpaired) electrons. The zero-order valence-electron chi connectivity index (χ0n) is 15.7. The van der Waals surface area contributed by atoms with E-state index in [9.17, 15) is 4.79 Å². The Morgan fingerprint density at radius 3 is 2.56 bits per heavy atom. The molecule has 2 aromatic heterocycles. The number of aromatic amines is 1. The predicted molar refractivity (Wildman–Crippen MR) is 98.7 cm³/mol. The minimum Gasteiger partial charge on any atom is -0.351 e. The lowest BCUT2D eigenvalue weighted by atomic mass is 10.2. The number of amides is 1. The summed E-state index contributed by atoms with van der Waals surface area (Å²) in [5.74, 6) is 1.04. The lowest BCUT2D eigenvalue weighted by Gasteiger charge is -2.08. The fraction of sp³-hybridized carbons (Fsp3) is 0.421. The Morgan fingerprint density at radius 2 is 1.92 bits per heavy atom. The normalized spacial score (nSPS) is 12.0. The number of aryl methyl sites for hydroxylation is 1. The highest BCUT2D eigenvalue weighted by atomic mass is 16.5. The number of carbonyl (C=O) groups is 1. The number of nitrogens with one attached hydrogen (secondary N) is 2. The van der Waals surface area contributed by atoms with Crippen molar-refractivity contribution in [3.8, 4) is 0 Å². The van der Waals surface area contributed by atoms with Gasteiger partial charge in [-0.25, -0.2) is 0 Å². The number of rotatable bonds is 4. The maximum absolute atomic E-state index is 12.4. The first kappa shape index (κ1) is 18.7. The second kappa shape index (κ2) is 7.96. The van der Waals surface area contributed by atoms with Gasteiger partial charge in [0.05, 0.1) is 0 Å². The summed E-state index contributed by atoms with van der Waals surface area (Å²) in [6, 6.07) is 7.51. The van der Waals surface area contributed by atoms with Crippen molar-refractivity contribution >= 4 is 16.8 Å². The van der Waals surface area contributed by atoms with Gasteiger partial charge in [0.2, 0.25) is 5.89 Å². The molecule has 0 fully saturated rings. The topological polar surface area (TPSA) is 83.8 Å². The van der Waals surface area contributed by atoms with Crippen LogP contribution >= 0.6 is 0 Å². The summed E-state index contributed by atoms with van der Waals surface area (Å²) in [6.07, 6.45) is 0. The van der Waals surface area contributed by atoms with Crippen LogP contribution in [0, 0.1) is 6.92 Å². The number of hydrogen-bond acceptors (Lipinski definition) is 4. The molecule has 0 saturated carbocycles. The Morgan fingerprint density at radius 1 is 1.20 bits per heavy atom. The third kappa shape index (κ3) is 4.26. The smallest absolute Gasteiger partial charge is 0.268 e. The van der Waals surface area contributed by atoms with Crippen molar-refractivity contribution in [1.82, 2.24) is 20.4 Å². The van der Waals surface area contributed by atoms with Crippen molar-refractivity contribution in [2.75, 3.05) is 0 Å². The van der Waals surface area contributed by atoms with E-state index in [1.807, 2.05) is 65.8 Å². The van der Waals surface area contributed by atoms with Crippen LogP contribution in [-0.4, -0.2) is 21.0 Å². The molecular weight excluding hydrogens is 316 g/mol. The highest BCUT2D eigenvalue weighted by Crippen LogP contribution is 2.19. The highest BCUT2D eigenvalue weighted by molar-refractivity contribution is 5.98. The molecule has 2 heterocycles. The molecule has 1 aromatic carbocycles. The first-order valence-corrected chi connectivity index (χ1v) is 8.68. The third-order valence-corrected chi connectivity index (χ3v) is 3.71. The van der Waals surface area contributed by atoms with Crippen molar-refractivity contribution in [1.29, 1.82) is 0 Å². The molecule has 2 N–H and O–H groups in total. The second-order valence-corrected chi connectivity index (χ2v) is 6.11. The number of nitrogens with zero attached hydrogens (tertiary/aromatic N) is 2. The molecule has 1 atom stereocenters. The summed E-state index contributed by atoms with van der Waals surface area (Å²) >= 11 is 0. The number of H-pyrrole nitrogens is 1. The molecule has 0 aliphatic carbocycles. The summed E-state index contributed by atoms with van der Waals surface area (Å²) < 4.78 is 5.21. The molecule has 0 saturated heterocycles. The van der Waals surface area contributed by atoms with E-state index in [0.29, 0.717) is 17.4 Å². The van der Waals surface area contributed by atoms with Crippen LogP contribution in [0.4, 0.5) is 0 Å². The number of carbonyl (C=O) groups excluding carboxylic acids is 1. The molecule has 3 rings (SSSR count). The molecule has 0 aliphatic heterocycles. The van der Waals surface area contributed by atoms with Gasteiger partial charge < -0.3 is 14.8 Å². The van der Waals surface area contributed by atoms with Gasteiger partial charge in [0, 0.05) is 16.8 Å². The van der Waals surface area contributed by atoms with E-state index in [1.54, 1.807) is 0 Å². The zero-order chi connectivity index (χ0) is 18.6. The molecular formula is C19H26N4O2. The number of fused-ring (bicyclic) bond motifs is 1. The maximum atomic E-state index is 12.4. The number of benzene rings is 1. The van der Waals surface area contributed by atoms with Crippen LogP contribution in [0.5, 0.6) is 0 Å². The Hall–Kier alpha value is -2.63. The van der Waals surface area contributed by atoms with Gasteiger partial charge in [0.15, 0.2) is 5.82 Å². The number of hydrogen-bond donors (Lipinski definition) is 2. The Balaban J connectivity index is 0.00000109. The minimum absolute atomic E-state index is 0.187. The molecule has 0 aliphatic rings. The van der Waals surface area contributed by atoms with Crippen molar-refractivity contribution in [3.05, 3.63) is 47.2 Å². The standard InChI is InChI=1S/C17H20N4O2.C2H6/c1-9(2)15-20-17(23-21-15)11(4)18-16(22)14-8-12-7-10(3)5-6-13(12)19-14;1-2/h5-9,11,19H,1-4H3,(H,18,22);1-2H3. The van der Waals surface area contributed by atoms with Crippen molar-refractivity contribution in [2.45, 2.75) is 53.5 Å². The Bertz CT molecular complexity index is 848. The molecule has 1 amide bonds. The first-order chi connectivity index (χ1) is 11.9. The van der Waals surface area contributed by atoms with Crippen LogP contribution in [0.3, 0.4) is 0 Å². The molecule has 6 heteroatoms. The molecule has 3 aromatic rings. The van der Waals surface area contributed by atoms with E-state index in [1.165, 1.54) is 0 Å². The largest absolute Gasteiger partial charge is 0.351 e. The summed E-state index contributed by atoms with van der Waals surface area (Å²) in [6.45, 7) is 11.8. The molecule has 6 nitrogen and oxygen atoms in total. The van der Waals surface area contributed by atoms with Gasteiger partial charge in [0.1, 0.15) is 11.7 Å². The third-order valence-electron chi connectivity index (χ3n) is 3.71. The first-order valence-electron chi connectivity index (χ1n) is 8.68. The van der Waals surface area contributed by atoms with Crippen LogP contribution < -0.4 is 5.32 Å². The molecule has 0 spiro atoms. The monoisotopic (exact) mass is 342 g/mol. The van der Waals surface area contributed by atoms with E-state index in [4.69, 9.17) is 4.52 Å². The predicted octanol–water partition coefficient (Wildman–Crippen LogP) is 4.50. The van der Waals surface area contributed by atoms with Crippen molar-refractivity contribution < 1.29 is 9.32 Å². The lowest BCUT2D eigenvalue weighted by Crippen LogP contribution is -2.27. The van der Waals surface area contributed by atoms with Gasteiger partial charge in [-0.15, -0.1) is 0 Å². The highest BCUT2D eigenvalue weighted by Gasteiger charge is 2.19. The average molecular weight is 342 g/mol. The Labute approximate surface area is 148 Å². The average Bonchev–Trinajstić information content (AvgIpc) is 3.23. The Kier molecular flexibility index (Phi) is 5.96. The fourth-order valence-electron chi connectivity index (χ4n) is 2.37. The van der Waals surface area contributed by atoms with Crippen LogP contribution in [0.1, 0.15) is 74.3 Å². The van der Waals surface area contributed by atoms with Crippen molar-refractivity contribution in [3.63, 3.8) is 0 Å². The van der Waals surface area contributed by atoms with Gasteiger partial charge in [-0.05, 0) is 32.0 Å². The van der Waals surface area contributed by atoms with Gasteiger partial charge in [0.25, 0.3) is 5.91 Å². The fourth-order valence-corrected chi connectivity index (χ4v) is 2.37. The van der Waals surface area contributed by atoms with Gasteiger partial charge in [-0.2, -0.15) is 4.98 Å². The van der Waals surface area contributed by atoms with Crippen molar-refractivity contribution in [2.24, 2.45) is 0 Å². The van der Waals surface area contributed by atoms with Gasteiger partial charge >= 0.3 is 0 Å². The molecule has 25 heavy (non-hydrogen) atoms. The summed E-state index contributed by atoms with van der Waals surface area (Å²) in [4.78, 5) is 19.8. The molecule has 0 bridgehead atoms. The van der Waals surface area contributed by atoms with E-state index < -0.39 is 0 Å². The summed E-state index contributed by atoms with van der Waals surface area (Å²) in [5.41, 5.74) is 2.61. The number of aromatic nitrogens is 3. The van der Waals surface area contributed by atoms with Crippen LogP contribution in [0.2, 0.25) is 0 Å². The molecule has 134 valence electrons. The van der Waals surface area contributed by atoms with Crippen LogP contribution in [0.25, 0.3) is 10.9 Å². The lowest BCUT2D eigenvalue weighted by molar-refractivity contribution is 0.0928. The van der Waals surface area contributed by atoms with E-state index in [0.717, 1.165) is 16.5 Å². The van der Waals surface area contributed by atoms with Gasteiger partial charge in [-0.3, -0.25) is 4.79 Å². The maximum Gasteiger partial charge on any atom is 0.268 e.